The molecule has 1 aromatic rings. The molecule has 0 radical (unpaired) electrons. The molecule has 6 heteroatoms. The van der Waals surface area contributed by atoms with Gasteiger partial charge in [0.2, 0.25) is 5.88 Å². The molecule has 0 unspecified atom stereocenters. The van der Waals surface area contributed by atoms with Gasteiger partial charge in [0.25, 0.3) is 0 Å². The average molecular weight is 293 g/mol. The van der Waals surface area contributed by atoms with E-state index < -0.39 is 0 Å². The van der Waals surface area contributed by atoms with Gasteiger partial charge in [0.05, 0.1) is 12.6 Å². The standard InChI is InChI=1S/C15H23N3O3/c1-11(10-19)18-15(20)17-9-12-6-7-14(16-8-12)21-13-4-2-3-5-13/h6-8,11,13,19H,2-5,9-10H2,1H3,(H2,17,18,20)/t11-/m1/s1. The highest BCUT2D eigenvalue weighted by Crippen LogP contribution is 2.22. The number of nitrogens with one attached hydrogen (secondary N) is 2. The van der Waals surface area contributed by atoms with E-state index in [-0.39, 0.29) is 18.7 Å². The minimum Gasteiger partial charge on any atom is -0.474 e. The van der Waals surface area contributed by atoms with Crippen LogP contribution >= 0.6 is 0 Å². The third-order valence-electron chi connectivity index (χ3n) is 3.49. The smallest absolute Gasteiger partial charge is 0.315 e. The predicted molar refractivity (Wildman–Crippen MR) is 79.0 cm³/mol. The van der Waals surface area contributed by atoms with Crippen molar-refractivity contribution in [2.24, 2.45) is 0 Å². The van der Waals surface area contributed by atoms with E-state index >= 15 is 0 Å². The number of urea groups is 1. The maximum atomic E-state index is 11.5. The van der Waals surface area contributed by atoms with Crippen LogP contribution in [0.4, 0.5) is 4.79 Å². The zero-order chi connectivity index (χ0) is 15.1. The first-order chi connectivity index (χ1) is 10.2. The Balaban J connectivity index is 1.75. The van der Waals surface area contributed by atoms with Crippen molar-refractivity contribution in [3.8, 4) is 5.88 Å². The van der Waals surface area contributed by atoms with Gasteiger partial charge in [0, 0.05) is 18.8 Å². The highest BCUT2D eigenvalue weighted by atomic mass is 16.5. The number of pyridine rings is 1. The molecule has 0 bridgehead atoms. The summed E-state index contributed by atoms with van der Waals surface area (Å²) in [5.41, 5.74) is 0.903. The summed E-state index contributed by atoms with van der Waals surface area (Å²) in [5.74, 6) is 0.643. The van der Waals surface area contributed by atoms with E-state index in [1.54, 1.807) is 13.1 Å². The molecule has 1 heterocycles. The summed E-state index contributed by atoms with van der Waals surface area (Å²) < 4.78 is 5.78. The number of aliphatic hydroxyl groups is 1. The molecule has 21 heavy (non-hydrogen) atoms. The van der Waals surface area contributed by atoms with E-state index in [1.807, 2.05) is 12.1 Å². The number of aromatic nitrogens is 1. The van der Waals surface area contributed by atoms with Crippen LogP contribution in [0.1, 0.15) is 38.2 Å². The van der Waals surface area contributed by atoms with Gasteiger partial charge in [-0.3, -0.25) is 0 Å². The number of amides is 2. The fourth-order valence-electron chi connectivity index (χ4n) is 2.26. The number of aliphatic hydroxyl groups excluding tert-OH is 1. The van der Waals surface area contributed by atoms with E-state index in [9.17, 15) is 4.79 Å². The van der Waals surface area contributed by atoms with Gasteiger partial charge in [0.1, 0.15) is 6.10 Å². The number of rotatable bonds is 6. The van der Waals surface area contributed by atoms with Gasteiger partial charge in [-0.25, -0.2) is 9.78 Å². The molecule has 1 aliphatic rings. The monoisotopic (exact) mass is 293 g/mol. The van der Waals surface area contributed by atoms with E-state index in [0.29, 0.717) is 18.5 Å². The minimum absolute atomic E-state index is 0.0812. The van der Waals surface area contributed by atoms with Gasteiger partial charge in [-0.15, -0.1) is 0 Å². The van der Waals surface area contributed by atoms with Crippen LogP contribution in [-0.2, 0) is 6.54 Å². The molecule has 2 rings (SSSR count). The zero-order valence-corrected chi connectivity index (χ0v) is 12.3. The quantitative estimate of drug-likeness (QED) is 0.743. The van der Waals surface area contributed by atoms with Crippen LogP contribution < -0.4 is 15.4 Å². The van der Waals surface area contributed by atoms with E-state index in [2.05, 4.69) is 15.6 Å². The summed E-state index contributed by atoms with van der Waals surface area (Å²) in [5, 5.41) is 14.2. The third kappa shape index (κ3) is 5.23. The van der Waals surface area contributed by atoms with Crippen molar-refractivity contribution in [3.05, 3.63) is 23.9 Å². The Morgan fingerprint density at radius 1 is 1.48 bits per heavy atom. The first-order valence-electron chi connectivity index (χ1n) is 7.44. The molecule has 3 N–H and O–H groups in total. The van der Waals surface area contributed by atoms with Gasteiger partial charge in [-0.05, 0) is 38.2 Å². The SMILES string of the molecule is C[C@H](CO)NC(=O)NCc1ccc(OC2CCCC2)nc1. The van der Waals surface area contributed by atoms with Crippen LogP contribution in [0.5, 0.6) is 5.88 Å². The van der Waals surface area contributed by atoms with Crippen LogP contribution in [0, 0.1) is 0 Å². The van der Waals surface area contributed by atoms with Crippen LogP contribution in [-0.4, -0.2) is 34.9 Å². The number of hydrogen-bond donors (Lipinski definition) is 3. The largest absolute Gasteiger partial charge is 0.474 e. The summed E-state index contributed by atoms with van der Waals surface area (Å²) >= 11 is 0. The molecule has 1 aromatic heterocycles. The Morgan fingerprint density at radius 2 is 2.24 bits per heavy atom. The molecule has 0 saturated heterocycles. The van der Waals surface area contributed by atoms with Gasteiger partial charge >= 0.3 is 6.03 Å². The number of carbonyl (C=O) groups excluding carboxylic acids is 1. The molecular formula is C15H23N3O3. The molecule has 1 atom stereocenters. The van der Waals surface area contributed by atoms with Gasteiger partial charge in [-0.1, -0.05) is 6.07 Å². The Bertz CT molecular complexity index is 444. The van der Waals surface area contributed by atoms with Crippen molar-refractivity contribution >= 4 is 6.03 Å². The molecule has 1 fully saturated rings. The lowest BCUT2D eigenvalue weighted by atomic mass is 10.3. The summed E-state index contributed by atoms with van der Waals surface area (Å²) in [4.78, 5) is 15.8. The second-order valence-corrected chi connectivity index (χ2v) is 5.44. The maximum absolute atomic E-state index is 11.5. The maximum Gasteiger partial charge on any atom is 0.315 e. The van der Waals surface area contributed by atoms with Gasteiger partial charge < -0.3 is 20.5 Å². The van der Waals surface area contributed by atoms with Crippen molar-refractivity contribution in [1.29, 1.82) is 0 Å². The number of ether oxygens (including phenoxy) is 1. The fourth-order valence-corrected chi connectivity index (χ4v) is 2.26. The van der Waals surface area contributed by atoms with E-state index in [1.165, 1.54) is 12.8 Å². The van der Waals surface area contributed by atoms with Gasteiger partial charge in [0.15, 0.2) is 0 Å². The number of carbonyl (C=O) groups is 1. The third-order valence-corrected chi connectivity index (χ3v) is 3.49. The predicted octanol–water partition coefficient (Wildman–Crippen LogP) is 1.58. The van der Waals surface area contributed by atoms with Crippen molar-refractivity contribution in [1.82, 2.24) is 15.6 Å². The molecule has 0 spiro atoms. The Kier molecular flexibility index (Phi) is 5.80. The van der Waals surface area contributed by atoms with Gasteiger partial charge in [-0.2, -0.15) is 0 Å². The van der Waals surface area contributed by atoms with Crippen molar-refractivity contribution in [2.75, 3.05) is 6.61 Å². The first kappa shape index (κ1) is 15.6. The zero-order valence-electron chi connectivity index (χ0n) is 12.3. The van der Waals surface area contributed by atoms with Crippen LogP contribution in [0.15, 0.2) is 18.3 Å². The molecule has 1 saturated carbocycles. The lowest BCUT2D eigenvalue weighted by Gasteiger charge is -2.13. The minimum atomic E-state index is -0.303. The topological polar surface area (TPSA) is 83.5 Å². The molecule has 2 amide bonds. The molecular weight excluding hydrogens is 270 g/mol. The lowest BCUT2D eigenvalue weighted by Crippen LogP contribution is -2.41. The second kappa shape index (κ2) is 7.83. The fraction of sp³-hybridized carbons (Fsp3) is 0.600. The van der Waals surface area contributed by atoms with Crippen molar-refractivity contribution in [3.63, 3.8) is 0 Å². The first-order valence-corrected chi connectivity index (χ1v) is 7.44. The summed E-state index contributed by atoms with van der Waals surface area (Å²) in [6.07, 6.45) is 6.68. The molecule has 1 aliphatic carbocycles. The Hall–Kier alpha value is -1.82. The summed E-state index contributed by atoms with van der Waals surface area (Å²) in [6.45, 7) is 2.04. The highest BCUT2D eigenvalue weighted by Gasteiger charge is 2.16. The average Bonchev–Trinajstić information content (AvgIpc) is 2.99. The second-order valence-electron chi connectivity index (χ2n) is 5.44. The van der Waals surface area contributed by atoms with Crippen LogP contribution in [0.3, 0.4) is 0 Å². The Labute approximate surface area is 124 Å². The molecule has 116 valence electrons. The van der Waals surface area contributed by atoms with Crippen LogP contribution in [0.25, 0.3) is 0 Å². The molecule has 6 nitrogen and oxygen atoms in total. The van der Waals surface area contributed by atoms with E-state index in [4.69, 9.17) is 9.84 Å². The van der Waals surface area contributed by atoms with E-state index in [0.717, 1.165) is 18.4 Å². The van der Waals surface area contributed by atoms with Crippen LogP contribution in [0.2, 0.25) is 0 Å². The summed E-state index contributed by atoms with van der Waals surface area (Å²) in [7, 11) is 0. The molecule has 0 aliphatic heterocycles. The normalized spacial score (nSPS) is 16.5. The summed E-state index contributed by atoms with van der Waals surface area (Å²) in [6, 6.07) is 3.17. The van der Waals surface area contributed by atoms with Crippen molar-refractivity contribution < 1.29 is 14.6 Å². The lowest BCUT2D eigenvalue weighted by molar-refractivity contribution is 0.201. The number of nitrogens with zero attached hydrogens (tertiary/aromatic N) is 1. The molecule has 0 aromatic carbocycles. The van der Waals surface area contributed by atoms with Crippen molar-refractivity contribution in [2.45, 2.75) is 51.3 Å². The highest BCUT2D eigenvalue weighted by molar-refractivity contribution is 5.74. The Morgan fingerprint density at radius 3 is 2.86 bits per heavy atom. The number of hydrogen-bond acceptors (Lipinski definition) is 4.